The van der Waals surface area contributed by atoms with Gasteiger partial charge in [0.1, 0.15) is 6.04 Å². The number of fused-ring (bicyclic) bond motifs is 1. The zero-order chi connectivity index (χ0) is 27.4. The van der Waals surface area contributed by atoms with Crippen LogP contribution < -0.4 is 14.9 Å². The first-order valence-corrected chi connectivity index (χ1v) is 14.7. The maximum Gasteiger partial charge on any atom is 0.242 e. The molecule has 39 heavy (non-hydrogen) atoms. The predicted molar refractivity (Wildman–Crippen MR) is 155 cm³/mol. The molecular formula is C30H34N4O4S. The Hall–Kier alpha value is -3.66. The summed E-state index contributed by atoms with van der Waals surface area (Å²) in [5.74, 6) is -0.147. The number of morpholine rings is 1. The Kier molecular flexibility index (Phi) is 8.02. The van der Waals surface area contributed by atoms with E-state index in [1.54, 1.807) is 12.1 Å². The molecule has 0 saturated carbocycles. The zero-order valence-corrected chi connectivity index (χ0v) is 23.0. The van der Waals surface area contributed by atoms with E-state index in [1.165, 1.54) is 0 Å². The molecule has 0 radical (unpaired) electrons. The number of rotatable bonds is 9. The minimum absolute atomic E-state index is 0.124. The monoisotopic (exact) mass is 546 g/mol. The molecule has 1 amide bonds. The smallest absolute Gasteiger partial charge is 0.242 e. The van der Waals surface area contributed by atoms with Gasteiger partial charge in [-0.1, -0.05) is 44.2 Å². The molecule has 3 N–H and O–H groups in total. The fraction of sp³-hybridized carbons (Fsp3) is 0.300. The van der Waals surface area contributed by atoms with E-state index in [0.29, 0.717) is 18.9 Å². The molecule has 0 bridgehead atoms. The number of carbonyl (C=O) groups is 1. The van der Waals surface area contributed by atoms with Crippen molar-refractivity contribution in [1.29, 1.82) is 0 Å². The summed E-state index contributed by atoms with van der Waals surface area (Å²) < 4.78 is 34.8. The summed E-state index contributed by atoms with van der Waals surface area (Å²) in [6.07, 6.45) is 2.01. The number of hydrogen-bond donors (Lipinski definition) is 3. The molecule has 2 heterocycles. The molecule has 1 aliphatic heterocycles. The van der Waals surface area contributed by atoms with E-state index in [9.17, 15) is 13.2 Å². The highest BCUT2D eigenvalue weighted by Crippen LogP contribution is 2.23. The van der Waals surface area contributed by atoms with Crippen LogP contribution >= 0.6 is 0 Å². The first-order chi connectivity index (χ1) is 18.8. The number of benzene rings is 3. The Morgan fingerprint density at radius 2 is 1.67 bits per heavy atom. The number of sulfonamides is 1. The van der Waals surface area contributed by atoms with Crippen LogP contribution in [0.2, 0.25) is 0 Å². The second kappa shape index (κ2) is 11.6. The van der Waals surface area contributed by atoms with E-state index in [4.69, 9.17) is 4.74 Å². The van der Waals surface area contributed by atoms with E-state index >= 15 is 0 Å². The number of anilines is 2. The van der Waals surface area contributed by atoms with Crippen LogP contribution in [0, 0.1) is 0 Å². The van der Waals surface area contributed by atoms with Crippen molar-refractivity contribution in [2.24, 2.45) is 0 Å². The van der Waals surface area contributed by atoms with Gasteiger partial charge < -0.3 is 19.9 Å². The summed E-state index contributed by atoms with van der Waals surface area (Å²) in [7, 11) is -3.96. The van der Waals surface area contributed by atoms with Crippen molar-refractivity contribution in [2.75, 3.05) is 36.5 Å². The van der Waals surface area contributed by atoms with Gasteiger partial charge in [0.15, 0.2) is 0 Å². The summed E-state index contributed by atoms with van der Waals surface area (Å²) >= 11 is 0. The molecule has 1 saturated heterocycles. The van der Waals surface area contributed by atoms with Crippen molar-refractivity contribution in [1.82, 2.24) is 9.71 Å². The summed E-state index contributed by atoms with van der Waals surface area (Å²) in [6, 6.07) is 21.1. The number of aromatic nitrogens is 1. The fourth-order valence-corrected chi connectivity index (χ4v) is 6.00. The average Bonchev–Trinajstić information content (AvgIpc) is 3.36. The summed E-state index contributed by atoms with van der Waals surface area (Å²) in [4.78, 5) is 19.1. The first kappa shape index (κ1) is 26.9. The molecule has 9 heteroatoms. The molecule has 1 aliphatic rings. The summed E-state index contributed by atoms with van der Waals surface area (Å²) in [5, 5.41) is 3.86. The number of nitrogens with one attached hydrogen (secondary N) is 3. The second-order valence-electron chi connectivity index (χ2n) is 10.1. The molecule has 0 spiro atoms. The zero-order valence-electron chi connectivity index (χ0n) is 22.2. The van der Waals surface area contributed by atoms with Crippen LogP contribution in [0.5, 0.6) is 0 Å². The SMILES string of the molecule is CC(C)c1ccc(S(=O)(=O)N[C@@H](Cc2c[nH]c3ccccc23)C(=O)Nc2ccc(N3CCOCC3)cc2)cc1. The summed E-state index contributed by atoms with van der Waals surface area (Å²) in [6.45, 7) is 7.12. The first-order valence-electron chi connectivity index (χ1n) is 13.2. The normalized spacial score (nSPS) is 15.0. The van der Waals surface area contributed by atoms with Gasteiger partial charge in [0.25, 0.3) is 0 Å². The number of H-pyrrole nitrogens is 1. The predicted octanol–water partition coefficient (Wildman–Crippen LogP) is 4.66. The Labute approximate surface area is 229 Å². The van der Waals surface area contributed by atoms with Crippen molar-refractivity contribution in [3.8, 4) is 0 Å². The largest absolute Gasteiger partial charge is 0.378 e. The van der Waals surface area contributed by atoms with Gasteiger partial charge in [-0.2, -0.15) is 4.72 Å². The van der Waals surface area contributed by atoms with Crippen LogP contribution in [0.25, 0.3) is 10.9 Å². The highest BCUT2D eigenvalue weighted by Gasteiger charge is 2.27. The minimum atomic E-state index is -3.96. The van der Waals surface area contributed by atoms with Gasteiger partial charge in [-0.25, -0.2) is 8.42 Å². The number of hydrogen-bond acceptors (Lipinski definition) is 5. The minimum Gasteiger partial charge on any atom is -0.378 e. The van der Waals surface area contributed by atoms with E-state index < -0.39 is 22.0 Å². The highest BCUT2D eigenvalue weighted by atomic mass is 32.2. The highest BCUT2D eigenvalue weighted by molar-refractivity contribution is 7.89. The van der Waals surface area contributed by atoms with Gasteiger partial charge >= 0.3 is 0 Å². The number of ether oxygens (including phenoxy) is 1. The second-order valence-corrected chi connectivity index (χ2v) is 11.8. The fourth-order valence-electron chi connectivity index (χ4n) is 4.80. The van der Waals surface area contributed by atoms with Crippen LogP contribution in [-0.2, 0) is 26.0 Å². The van der Waals surface area contributed by atoms with Crippen LogP contribution in [0.1, 0.15) is 30.9 Å². The molecular weight excluding hydrogens is 512 g/mol. The van der Waals surface area contributed by atoms with Gasteiger partial charge in [-0.15, -0.1) is 0 Å². The third-order valence-corrected chi connectivity index (χ3v) is 8.57. The van der Waals surface area contributed by atoms with Crippen LogP contribution in [-0.4, -0.2) is 51.7 Å². The maximum absolute atomic E-state index is 13.5. The van der Waals surface area contributed by atoms with Crippen LogP contribution in [0.15, 0.2) is 83.9 Å². The molecule has 4 aromatic rings. The van der Waals surface area contributed by atoms with Crippen molar-refractivity contribution >= 4 is 38.2 Å². The Balaban J connectivity index is 1.38. The number of nitrogens with zero attached hydrogens (tertiary/aromatic N) is 1. The summed E-state index contributed by atoms with van der Waals surface area (Å²) in [5.41, 5.74) is 4.48. The number of para-hydroxylation sites is 1. The van der Waals surface area contributed by atoms with E-state index in [2.05, 4.69) is 33.8 Å². The van der Waals surface area contributed by atoms with E-state index in [0.717, 1.165) is 40.8 Å². The molecule has 1 atom stereocenters. The van der Waals surface area contributed by atoms with Crippen molar-refractivity contribution in [3.05, 3.63) is 90.1 Å². The lowest BCUT2D eigenvalue weighted by Gasteiger charge is -2.29. The van der Waals surface area contributed by atoms with Gasteiger partial charge in [-0.05, 0) is 65.9 Å². The standard InChI is InChI=1S/C30H34N4O4S/c1-21(2)22-7-13-26(14-8-22)39(36,37)33-29(19-23-20-31-28-6-4-3-5-27(23)28)30(35)32-24-9-11-25(12-10-24)34-15-17-38-18-16-34/h3-14,20-21,29,31,33H,15-19H2,1-2H3,(H,32,35)/t29-/m0/s1. The molecule has 0 unspecified atom stereocenters. The molecule has 1 fully saturated rings. The van der Waals surface area contributed by atoms with Crippen molar-refractivity contribution in [2.45, 2.75) is 37.1 Å². The van der Waals surface area contributed by atoms with Gasteiger partial charge in [0, 0.05) is 41.6 Å². The van der Waals surface area contributed by atoms with Gasteiger partial charge in [0.05, 0.1) is 18.1 Å². The average molecular weight is 547 g/mol. The van der Waals surface area contributed by atoms with E-state index in [1.807, 2.05) is 66.9 Å². The lowest BCUT2D eigenvalue weighted by molar-refractivity contribution is -0.117. The molecule has 204 valence electrons. The molecule has 8 nitrogen and oxygen atoms in total. The molecule has 5 rings (SSSR count). The Morgan fingerprint density at radius 1 is 0.974 bits per heavy atom. The molecule has 1 aromatic heterocycles. The lowest BCUT2D eigenvalue weighted by Crippen LogP contribution is -2.45. The van der Waals surface area contributed by atoms with Gasteiger partial charge in [0.2, 0.25) is 15.9 Å². The number of aromatic amines is 1. The third-order valence-electron chi connectivity index (χ3n) is 7.08. The molecule has 0 aliphatic carbocycles. The number of carbonyl (C=O) groups excluding carboxylic acids is 1. The Bertz CT molecular complexity index is 1520. The van der Waals surface area contributed by atoms with Crippen LogP contribution in [0.3, 0.4) is 0 Å². The number of amides is 1. The maximum atomic E-state index is 13.5. The third kappa shape index (κ3) is 6.33. The topological polar surface area (TPSA) is 104 Å². The Morgan fingerprint density at radius 3 is 2.36 bits per heavy atom. The quantitative estimate of drug-likeness (QED) is 0.283. The van der Waals surface area contributed by atoms with E-state index in [-0.39, 0.29) is 17.2 Å². The van der Waals surface area contributed by atoms with Gasteiger partial charge in [-0.3, -0.25) is 4.79 Å². The molecule has 3 aromatic carbocycles. The van der Waals surface area contributed by atoms with Crippen molar-refractivity contribution in [3.63, 3.8) is 0 Å². The van der Waals surface area contributed by atoms with Crippen molar-refractivity contribution < 1.29 is 17.9 Å². The van der Waals surface area contributed by atoms with Crippen LogP contribution in [0.4, 0.5) is 11.4 Å². The lowest BCUT2D eigenvalue weighted by atomic mass is 10.0.